The van der Waals surface area contributed by atoms with Crippen LogP contribution in [0.3, 0.4) is 0 Å². The maximum atomic E-state index is 12.8. The third-order valence-corrected chi connectivity index (χ3v) is 6.03. The van der Waals surface area contributed by atoms with E-state index in [1.54, 1.807) is 12.1 Å². The van der Waals surface area contributed by atoms with E-state index >= 15 is 0 Å². The minimum Gasteiger partial charge on any atom is -0.377 e. The minimum atomic E-state index is -3.88. The summed E-state index contributed by atoms with van der Waals surface area (Å²) in [6, 6.07) is 9.97. The second-order valence-electron chi connectivity index (χ2n) is 6.46. The lowest BCUT2D eigenvalue weighted by atomic mass is 10.1. The van der Waals surface area contributed by atoms with Crippen LogP contribution in [0.1, 0.15) is 16.7 Å². The van der Waals surface area contributed by atoms with Crippen molar-refractivity contribution >= 4 is 27.4 Å². The van der Waals surface area contributed by atoms with Gasteiger partial charge in [-0.3, -0.25) is 0 Å². The molecule has 0 unspecified atom stereocenters. The number of carbonyl (C=O) groups excluding carboxylic acids is 1. The number of nitrogens with zero attached hydrogens (tertiary/aromatic N) is 2. The van der Waals surface area contributed by atoms with Gasteiger partial charge in [0.25, 0.3) is 10.0 Å². The number of hydrogen-bond donors (Lipinski definition) is 1. The van der Waals surface area contributed by atoms with E-state index in [-0.39, 0.29) is 11.4 Å². The summed E-state index contributed by atoms with van der Waals surface area (Å²) < 4.78 is 26.6. The maximum absolute atomic E-state index is 12.8. The number of anilines is 2. The number of aryl methyl sites for hydroxylation is 2. The molecule has 2 aromatic carbocycles. The highest BCUT2D eigenvalue weighted by Crippen LogP contribution is 2.32. The van der Waals surface area contributed by atoms with E-state index in [2.05, 4.69) is 5.32 Å². The Bertz CT molecular complexity index is 952. The summed E-state index contributed by atoms with van der Waals surface area (Å²) in [7, 11) is 0.0203. The first kappa shape index (κ1) is 17.3. The lowest BCUT2D eigenvalue weighted by molar-refractivity contribution is 0.233. The van der Waals surface area contributed by atoms with Crippen molar-refractivity contribution in [2.24, 2.45) is 0 Å². The molecule has 0 saturated carbocycles. The van der Waals surface area contributed by atoms with Crippen LogP contribution in [0.4, 0.5) is 16.2 Å². The number of hydrogen-bond acceptors (Lipinski definition) is 4. The van der Waals surface area contributed by atoms with Crippen LogP contribution in [-0.2, 0) is 16.6 Å². The highest BCUT2D eigenvalue weighted by molar-refractivity contribution is 7.90. The fourth-order valence-corrected chi connectivity index (χ4v) is 4.46. The first-order valence-electron chi connectivity index (χ1n) is 7.91. The predicted molar refractivity (Wildman–Crippen MR) is 98.4 cm³/mol. The SMILES string of the molecule is Cc1ccc2c(c1)NC(=O)N(Cc1ccc(N(C)C)c(C)c1)S2(=O)=O. The van der Waals surface area contributed by atoms with E-state index in [9.17, 15) is 13.2 Å². The summed E-state index contributed by atoms with van der Waals surface area (Å²) in [6.45, 7) is 3.80. The molecular formula is C18H21N3O3S. The van der Waals surface area contributed by atoms with Gasteiger partial charge >= 0.3 is 6.03 Å². The Morgan fingerprint density at radius 3 is 2.44 bits per heavy atom. The van der Waals surface area contributed by atoms with Gasteiger partial charge in [-0.1, -0.05) is 18.2 Å². The van der Waals surface area contributed by atoms with E-state index < -0.39 is 16.1 Å². The number of amides is 2. The molecule has 0 saturated heterocycles. The van der Waals surface area contributed by atoms with E-state index in [0.717, 1.165) is 26.7 Å². The predicted octanol–water partition coefficient (Wildman–Crippen LogP) is 3.11. The van der Waals surface area contributed by atoms with Gasteiger partial charge in [-0.2, -0.15) is 0 Å². The summed E-state index contributed by atoms with van der Waals surface area (Å²) in [4.78, 5) is 14.5. The Balaban J connectivity index is 1.97. The Hall–Kier alpha value is -2.54. The molecule has 3 rings (SSSR count). The molecule has 7 heteroatoms. The van der Waals surface area contributed by atoms with Crippen molar-refractivity contribution in [2.45, 2.75) is 25.3 Å². The van der Waals surface area contributed by atoms with Crippen LogP contribution in [0.2, 0.25) is 0 Å². The van der Waals surface area contributed by atoms with Crippen LogP contribution < -0.4 is 10.2 Å². The van der Waals surface area contributed by atoms with Crippen LogP contribution in [-0.4, -0.2) is 32.8 Å². The summed E-state index contributed by atoms with van der Waals surface area (Å²) in [5.74, 6) is 0. The molecule has 1 N–H and O–H groups in total. The van der Waals surface area contributed by atoms with Gasteiger partial charge in [0.1, 0.15) is 4.90 Å². The molecule has 0 aliphatic carbocycles. The fraction of sp³-hybridized carbons (Fsp3) is 0.278. The molecule has 0 bridgehead atoms. The summed E-state index contributed by atoms with van der Waals surface area (Å²) in [6.07, 6.45) is 0. The van der Waals surface area contributed by atoms with E-state index in [1.807, 2.05) is 51.0 Å². The largest absolute Gasteiger partial charge is 0.377 e. The summed E-state index contributed by atoms with van der Waals surface area (Å²) in [5.41, 5.74) is 4.05. The topological polar surface area (TPSA) is 69.7 Å². The highest BCUT2D eigenvalue weighted by Gasteiger charge is 2.36. The molecule has 0 fully saturated rings. The average Bonchev–Trinajstić information content (AvgIpc) is 2.50. The van der Waals surface area contributed by atoms with Crippen molar-refractivity contribution in [3.05, 3.63) is 53.1 Å². The summed E-state index contributed by atoms with van der Waals surface area (Å²) >= 11 is 0. The molecule has 0 aromatic heterocycles. The molecule has 2 aromatic rings. The summed E-state index contributed by atoms with van der Waals surface area (Å²) in [5, 5.41) is 2.67. The van der Waals surface area contributed by atoms with Crippen LogP contribution >= 0.6 is 0 Å². The van der Waals surface area contributed by atoms with Gasteiger partial charge in [0, 0.05) is 19.8 Å². The highest BCUT2D eigenvalue weighted by atomic mass is 32.2. The number of carbonyl (C=O) groups is 1. The monoisotopic (exact) mass is 359 g/mol. The smallest absolute Gasteiger partial charge is 0.336 e. The molecule has 132 valence electrons. The van der Waals surface area contributed by atoms with Crippen molar-refractivity contribution in [3.63, 3.8) is 0 Å². The number of sulfonamides is 1. The van der Waals surface area contributed by atoms with Gasteiger partial charge < -0.3 is 10.2 Å². The lowest BCUT2D eigenvalue weighted by Crippen LogP contribution is -2.43. The van der Waals surface area contributed by atoms with Gasteiger partial charge in [0.15, 0.2) is 0 Å². The van der Waals surface area contributed by atoms with Crippen LogP contribution in [0.25, 0.3) is 0 Å². The van der Waals surface area contributed by atoms with Crippen molar-refractivity contribution in [1.29, 1.82) is 0 Å². The van der Waals surface area contributed by atoms with Crippen LogP contribution in [0.15, 0.2) is 41.3 Å². The number of rotatable bonds is 3. The van der Waals surface area contributed by atoms with Gasteiger partial charge in [0.05, 0.1) is 12.2 Å². The van der Waals surface area contributed by atoms with Gasteiger partial charge in [0.2, 0.25) is 0 Å². The van der Waals surface area contributed by atoms with Crippen molar-refractivity contribution in [2.75, 3.05) is 24.3 Å². The van der Waals surface area contributed by atoms with Crippen molar-refractivity contribution in [3.8, 4) is 0 Å². The molecule has 2 amide bonds. The maximum Gasteiger partial charge on any atom is 0.336 e. The number of fused-ring (bicyclic) bond motifs is 1. The van der Waals surface area contributed by atoms with E-state index in [0.29, 0.717) is 5.69 Å². The average molecular weight is 359 g/mol. The molecule has 0 atom stereocenters. The van der Waals surface area contributed by atoms with Gasteiger partial charge in [-0.15, -0.1) is 0 Å². The quantitative estimate of drug-likeness (QED) is 0.914. The first-order chi connectivity index (χ1) is 11.7. The molecule has 1 aliphatic rings. The Kier molecular flexibility index (Phi) is 4.20. The van der Waals surface area contributed by atoms with Crippen LogP contribution in [0.5, 0.6) is 0 Å². The minimum absolute atomic E-state index is 0.00394. The zero-order chi connectivity index (χ0) is 18.4. The molecular weight excluding hydrogens is 338 g/mol. The van der Waals surface area contributed by atoms with Crippen molar-refractivity contribution < 1.29 is 13.2 Å². The third kappa shape index (κ3) is 3.07. The van der Waals surface area contributed by atoms with Crippen LogP contribution in [0, 0.1) is 13.8 Å². The van der Waals surface area contributed by atoms with Crippen molar-refractivity contribution in [1.82, 2.24) is 4.31 Å². The second-order valence-corrected chi connectivity index (χ2v) is 8.29. The Labute approximate surface area is 148 Å². The second kappa shape index (κ2) is 6.07. The van der Waals surface area contributed by atoms with E-state index in [4.69, 9.17) is 0 Å². The Morgan fingerprint density at radius 2 is 1.80 bits per heavy atom. The van der Waals surface area contributed by atoms with E-state index in [1.165, 1.54) is 6.07 Å². The third-order valence-electron chi connectivity index (χ3n) is 4.24. The van der Waals surface area contributed by atoms with Gasteiger partial charge in [-0.05, 0) is 48.7 Å². The number of benzene rings is 2. The van der Waals surface area contributed by atoms with Gasteiger partial charge in [-0.25, -0.2) is 17.5 Å². The lowest BCUT2D eigenvalue weighted by Gasteiger charge is -2.29. The molecule has 6 nitrogen and oxygen atoms in total. The molecule has 0 radical (unpaired) electrons. The standard InChI is InChI=1S/C18H21N3O3S/c1-12-5-8-17-15(9-12)19-18(22)21(25(17,23)24)11-14-6-7-16(20(3)4)13(2)10-14/h5-10H,11H2,1-4H3,(H,19,22). The molecule has 0 spiro atoms. The molecule has 1 heterocycles. The number of urea groups is 1. The Morgan fingerprint density at radius 1 is 1.08 bits per heavy atom. The fourth-order valence-electron chi connectivity index (χ4n) is 3.01. The first-order valence-corrected chi connectivity index (χ1v) is 9.35. The zero-order valence-corrected chi connectivity index (χ0v) is 15.5. The zero-order valence-electron chi connectivity index (χ0n) is 14.7. The molecule has 25 heavy (non-hydrogen) atoms. The number of nitrogens with one attached hydrogen (secondary N) is 1. The molecule has 1 aliphatic heterocycles. The normalized spacial score (nSPS) is 15.5.